The van der Waals surface area contributed by atoms with Gasteiger partial charge in [-0.3, -0.25) is 0 Å². The smallest absolute Gasteiger partial charge is 0.126 e. The fourth-order valence-electron chi connectivity index (χ4n) is 2.18. The molecule has 29 heavy (non-hydrogen) atoms. The molecule has 0 aliphatic heterocycles. The van der Waals surface area contributed by atoms with Gasteiger partial charge in [0, 0.05) is 0 Å². The molecule has 1 nitrogen and oxygen atoms in total. The largest absolute Gasteiger partial charge is 0.300 e. The van der Waals surface area contributed by atoms with E-state index in [1.807, 2.05) is 13.8 Å². The third-order valence-electron chi connectivity index (χ3n) is 3.59. The number of Topliss-reactive ketones (excluding diaryl/α,β-unsaturated/α-hetero) is 1. The molecule has 0 aliphatic rings. The maximum Gasteiger partial charge on any atom is 0.126 e. The van der Waals surface area contributed by atoms with Crippen molar-refractivity contribution in [1.82, 2.24) is 0 Å². The van der Waals surface area contributed by atoms with Gasteiger partial charge < -0.3 is 4.79 Å². The summed E-state index contributed by atoms with van der Waals surface area (Å²) in [7, 11) is 0. The number of benzene rings is 1. The zero-order chi connectivity index (χ0) is 23.7. The van der Waals surface area contributed by atoms with Crippen LogP contribution in [-0.2, 0) is 11.2 Å². The van der Waals surface area contributed by atoms with Crippen molar-refractivity contribution in [2.24, 2.45) is 11.8 Å². The predicted octanol–water partition coefficient (Wildman–Crippen LogP) is 9.84. The van der Waals surface area contributed by atoms with Crippen molar-refractivity contribution in [3.05, 3.63) is 35.4 Å². The lowest BCUT2D eigenvalue weighted by Crippen LogP contribution is -1.93. The van der Waals surface area contributed by atoms with E-state index in [2.05, 4.69) is 79.7 Å². The molecule has 0 spiro atoms. The molecule has 174 valence electrons. The summed E-state index contributed by atoms with van der Waals surface area (Å²) in [4.78, 5) is 9.44. The van der Waals surface area contributed by atoms with Gasteiger partial charge in [0.2, 0.25) is 0 Å². The molecule has 0 saturated carbocycles. The Morgan fingerprint density at radius 1 is 0.862 bits per heavy atom. The van der Waals surface area contributed by atoms with Gasteiger partial charge in [-0.2, -0.15) is 0 Å². The average molecular weight is 409 g/mol. The summed E-state index contributed by atoms with van der Waals surface area (Å²) >= 11 is 0. The van der Waals surface area contributed by atoms with Crippen molar-refractivity contribution in [3.8, 4) is 0 Å². The van der Waals surface area contributed by atoms with E-state index in [0.29, 0.717) is 0 Å². The molecule has 0 amide bonds. The van der Waals surface area contributed by atoms with Gasteiger partial charge in [0.15, 0.2) is 0 Å². The summed E-state index contributed by atoms with van der Waals surface area (Å²) < 4.78 is 0. The maximum atomic E-state index is 9.44. The van der Waals surface area contributed by atoms with Crippen LogP contribution in [0.2, 0.25) is 0 Å². The number of unbranched alkanes of at least 4 members (excludes halogenated alkanes) is 2. The summed E-state index contributed by atoms with van der Waals surface area (Å²) in [6.45, 7) is 24.8. The van der Waals surface area contributed by atoms with Crippen molar-refractivity contribution >= 4 is 5.78 Å². The number of hydrogen-bond donors (Lipinski definition) is 0. The fourth-order valence-corrected chi connectivity index (χ4v) is 2.18. The summed E-state index contributed by atoms with van der Waals surface area (Å²) in [5.74, 6) is 1.97. The van der Waals surface area contributed by atoms with E-state index >= 15 is 0 Å². The van der Waals surface area contributed by atoms with E-state index < -0.39 is 0 Å². The minimum absolute atomic E-state index is 0.167. The Morgan fingerprint density at radius 2 is 1.24 bits per heavy atom. The summed E-state index contributed by atoms with van der Waals surface area (Å²) in [6, 6.07) is 8.61. The van der Waals surface area contributed by atoms with Crippen LogP contribution >= 0.6 is 0 Å². The predicted molar refractivity (Wildman–Crippen MR) is 137 cm³/mol. The normalized spacial score (nSPS) is 9.03. The molecule has 0 bridgehead atoms. The topological polar surface area (TPSA) is 17.1 Å². The van der Waals surface area contributed by atoms with Crippen LogP contribution in [0.25, 0.3) is 0 Å². The van der Waals surface area contributed by atoms with Crippen LogP contribution in [0.15, 0.2) is 24.3 Å². The molecular weight excluding hydrogens is 352 g/mol. The average Bonchev–Trinajstić information content (AvgIpc) is 2.66. The Morgan fingerprint density at radius 3 is 1.48 bits per heavy atom. The highest BCUT2D eigenvalue weighted by molar-refractivity contribution is 5.72. The van der Waals surface area contributed by atoms with Crippen molar-refractivity contribution in [2.75, 3.05) is 0 Å². The molecule has 0 aliphatic carbocycles. The zero-order valence-electron chi connectivity index (χ0n) is 22.3. The van der Waals surface area contributed by atoms with Crippen molar-refractivity contribution in [1.29, 1.82) is 0 Å². The lowest BCUT2D eigenvalue weighted by molar-refractivity contribution is -0.114. The SMILES string of the molecule is CC.CC(C)=O.CC(C)C.CCCCC(C)CCCC.CCc1cccc(C)c1. The number of hydrogen-bond acceptors (Lipinski definition) is 1. The van der Waals surface area contributed by atoms with Crippen LogP contribution in [0.1, 0.15) is 126 Å². The van der Waals surface area contributed by atoms with E-state index in [1.54, 1.807) is 0 Å². The first-order valence-corrected chi connectivity index (χ1v) is 12.1. The van der Waals surface area contributed by atoms with E-state index in [0.717, 1.165) is 18.3 Å². The summed E-state index contributed by atoms with van der Waals surface area (Å²) in [5, 5.41) is 0. The van der Waals surface area contributed by atoms with Gasteiger partial charge >= 0.3 is 0 Å². The Hall–Kier alpha value is -1.11. The lowest BCUT2D eigenvalue weighted by Gasteiger charge is -2.08. The molecule has 0 atom stereocenters. The maximum absolute atomic E-state index is 9.44. The zero-order valence-corrected chi connectivity index (χ0v) is 22.3. The van der Waals surface area contributed by atoms with Crippen LogP contribution in [0, 0.1) is 18.8 Å². The minimum Gasteiger partial charge on any atom is -0.300 e. The second-order valence-corrected chi connectivity index (χ2v) is 8.37. The van der Waals surface area contributed by atoms with Crippen LogP contribution in [0.3, 0.4) is 0 Å². The quantitative estimate of drug-likeness (QED) is 0.438. The second kappa shape index (κ2) is 29.1. The van der Waals surface area contributed by atoms with Gasteiger partial charge in [0.05, 0.1) is 0 Å². The fraction of sp³-hybridized carbons (Fsp3) is 0.750. The molecule has 0 radical (unpaired) electrons. The summed E-state index contributed by atoms with van der Waals surface area (Å²) in [6.07, 6.45) is 9.58. The second-order valence-electron chi connectivity index (χ2n) is 8.37. The van der Waals surface area contributed by atoms with Crippen LogP contribution in [0.4, 0.5) is 0 Å². The van der Waals surface area contributed by atoms with Gasteiger partial charge in [0.25, 0.3) is 0 Å². The summed E-state index contributed by atoms with van der Waals surface area (Å²) in [5.41, 5.74) is 2.78. The van der Waals surface area contributed by atoms with Crippen molar-refractivity contribution < 1.29 is 4.79 Å². The molecular formula is C28H56O. The molecule has 1 aromatic rings. The Labute approximate surface area is 186 Å². The molecule has 0 heterocycles. The van der Waals surface area contributed by atoms with Crippen LogP contribution in [0.5, 0.6) is 0 Å². The number of aryl methyl sites for hydroxylation is 2. The van der Waals surface area contributed by atoms with Crippen LogP contribution < -0.4 is 0 Å². The molecule has 1 rings (SSSR count). The van der Waals surface area contributed by atoms with Gasteiger partial charge in [-0.05, 0) is 44.6 Å². The highest BCUT2D eigenvalue weighted by Gasteiger charge is 1.98. The van der Waals surface area contributed by atoms with E-state index in [-0.39, 0.29) is 5.78 Å². The Bertz CT molecular complexity index is 405. The first kappa shape index (κ1) is 35.3. The van der Waals surface area contributed by atoms with Gasteiger partial charge in [0.1, 0.15) is 5.78 Å². The molecule has 1 aromatic carbocycles. The minimum atomic E-state index is 0.167. The molecule has 1 heteroatoms. The standard InChI is InChI=1S/C10H22.C9H12.C4H10.C3H6O.C2H6/c1-4-6-8-10(3)9-7-5-2;1-3-9-6-4-5-8(2)7-9;1-4(2)3;1-3(2)4;1-2/h10H,4-9H2,1-3H3;4-7H,3H2,1-2H3;4H,1-3H3;1-2H3;1-2H3. The van der Waals surface area contributed by atoms with Crippen molar-refractivity contribution in [2.45, 2.75) is 128 Å². The molecule has 0 fully saturated rings. The van der Waals surface area contributed by atoms with E-state index in [1.165, 1.54) is 63.5 Å². The van der Waals surface area contributed by atoms with Crippen LogP contribution in [-0.4, -0.2) is 5.78 Å². The monoisotopic (exact) mass is 408 g/mol. The van der Waals surface area contributed by atoms with Gasteiger partial charge in [-0.25, -0.2) is 0 Å². The first-order chi connectivity index (χ1) is 13.6. The Kier molecular flexibility index (Phi) is 35.4. The first-order valence-electron chi connectivity index (χ1n) is 12.1. The molecule has 0 N–H and O–H groups in total. The number of carbonyl (C=O) groups is 1. The highest BCUT2D eigenvalue weighted by atomic mass is 16.1. The molecule has 0 unspecified atom stereocenters. The van der Waals surface area contributed by atoms with E-state index in [4.69, 9.17) is 0 Å². The van der Waals surface area contributed by atoms with Gasteiger partial charge in [-0.1, -0.05) is 131 Å². The number of carbonyl (C=O) groups excluding carboxylic acids is 1. The lowest BCUT2D eigenvalue weighted by atomic mass is 9.98. The number of rotatable bonds is 7. The molecule has 0 saturated heterocycles. The third kappa shape index (κ3) is 46.7. The van der Waals surface area contributed by atoms with Gasteiger partial charge in [-0.15, -0.1) is 0 Å². The number of ketones is 1. The highest BCUT2D eigenvalue weighted by Crippen LogP contribution is 2.14. The third-order valence-corrected chi connectivity index (χ3v) is 3.59. The Balaban J connectivity index is -0.000000150. The van der Waals surface area contributed by atoms with E-state index in [9.17, 15) is 4.79 Å². The van der Waals surface area contributed by atoms with Crippen molar-refractivity contribution in [3.63, 3.8) is 0 Å². The molecule has 0 aromatic heterocycles.